The van der Waals surface area contributed by atoms with Crippen LogP contribution in [0.5, 0.6) is 0 Å². The molecule has 0 saturated carbocycles. The van der Waals surface area contributed by atoms with E-state index in [1.165, 1.54) is 6.08 Å². The molecule has 0 saturated heterocycles. The molecule has 0 aliphatic carbocycles. The molecular formula is C15H14BrNO2. The number of rotatable bonds is 4. The Labute approximate surface area is 120 Å². The number of hydrogen-bond acceptors (Lipinski definition) is 2. The van der Waals surface area contributed by atoms with Crippen LogP contribution in [0.15, 0.2) is 52.5 Å². The van der Waals surface area contributed by atoms with Gasteiger partial charge in [-0.1, -0.05) is 28.1 Å². The highest BCUT2D eigenvalue weighted by Gasteiger charge is 1.99. The highest BCUT2D eigenvalue weighted by molar-refractivity contribution is 9.10. The van der Waals surface area contributed by atoms with Crippen LogP contribution in [0.3, 0.4) is 0 Å². The van der Waals surface area contributed by atoms with Crippen molar-refractivity contribution in [1.82, 2.24) is 0 Å². The number of nitrogens with one attached hydrogen (secondary N) is 1. The van der Waals surface area contributed by atoms with Crippen molar-refractivity contribution in [2.75, 3.05) is 11.9 Å². The molecule has 0 heterocycles. The third-order valence-electron chi connectivity index (χ3n) is 2.74. The Bertz CT molecular complexity index is 650. The van der Waals surface area contributed by atoms with Gasteiger partial charge in [0.05, 0.1) is 0 Å². The largest absolute Gasteiger partial charge is 0.478 e. The van der Waals surface area contributed by atoms with Crippen molar-refractivity contribution in [3.8, 4) is 0 Å². The molecule has 0 aromatic heterocycles. The lowest BCUT2D eigenvalue weighted by Gasteiger charge is -2.08. The summed E-state index contributed by atoms with van der Waals surface area (Å²) in [4.78, 5) is 10.5. The molecule has 0 bridgehead atoms. The van der Waals surface area contributed by atoms with Crippen molar-refractivity contribution in [2.45, 2.75) is 6.92 Å². The van der Waals surface area contributed by atoms with Crippen LogP contribution in [0.25, 0.3) is 10.8 Å². The molecular weight excluding hydrogens is 306 g/mol. The monoisotopic (exact) mass is 319 g/mol. The second-order valence-electron chi connectivity index (χ2n) is 4.39. The van der Waals surface area contributed by atoms with Gasteiger partial charge in [-0.15, -0.1) is 0 Å². The number of aliphatic carboxylic acids is 1. The van der Waals surface area contributed by atoms with Crippen LogP contribution in [0.1, 0.15) is 6.92 Å². The Morgan fingerprint density at radius 3 is 2.68 bits per heavy atom. The molecule has 0 spiro atoms. The van der Waals surface area contributed by atoms with Gasteiger partial charge in [-0.2, -0.15) is 0 Å². The molecule has 0 amide bonds. The van der Waals surface area contributed by atoms with Crippen molar-refractivity contribution in [2.24, 2.45) is 0 Å². The lowest BCUT2D eigenvalue weighted by atomic mass is 10.1. The first-order valence-electron chi connectivity index (χ1n) is 5.88. The summed E-state index contributed by atoms with van der Waals surface area (Å²) in [7, 11) is 0. The normalized spacial score (nSPS) is 11.6. The smallest absolute Gasteiger partial charge is 0.328 e. The van der Waals surface area contributed by atoms with Crippen molar-refractivity contribution in [3.63, 3.8) is 0 Å². The predicted octanol–water partition coefficient (Wildman–Crippen LogP) is 4.05. The molecule has 2 aromatic rings. The lowest BCUT2D eigenvalue weighted by molar-refractivity contribution is -0.131. The van der Waals surface area contributed by atoms with Gasteiger partial charge in [-0.3, -0.25) is 0 Å². The van der Waals surface area contributed by atoms with E-state index in [0.717, 1.165) is 26.5 Å². The van der Waals surface area contributed by atoms with E-state index in [-0.39, 0.29) is 0 Å². The SMILES string of the molecule is C/C(=C/C(=O)O)CNc1ccc2cc(Br)ccc2c1. The lowest BCUT2D eigenvalue weighted by Crippen LogP contribution is -2.04. The number of carbonyl (C=O) groups is 1. The molecule has 3 nitrogen and oxygen atoms in total. The maximum atomic E-state index is 10.5. The number of hydrogen-bond donors (Lipinski definition) is 2. The van der Waals surface area contributed by atoms with Gasteiger partial charge in [0, 0.05) is 22.8 Å². The molecule has 0 aliphatic rings. The van der Waals surface area contributed by atoms with Crippen molar-refractivity contribution in [1.29, 1.82) is 0 Å². The fourth-order valence-corrected chi connectivity index (χ4v) is 2.21. The van der Waals surface area contributed by atoms with Crippen LogP contribution in [-0.4, -0.2) is 17.6 Å². The third-order valence-corrected chi connectivity index (χ3v) is 3.24. The molecule has 0 radical (unpaired) electrons. The van der Waals surface area contributed by atoms with Crippen LogP contribution < -0.4 is 5.32 Å². The fraction of sp³-hybridized carbons (Fsp3) is 0.133. The van der Waals surface area contributed by atoms with Crippen molar-refractivity contribution < 1.29 is 9.90 Å². The molecule has 0 fully saturated rings. The van der Waals surface area contributed by atoms with Crippen LogP contribution in [-0.2, 0) is 4.79 Å². The van der Waals surface area contributed by atoms with Crippen LogP contribution in [0.4, 0.5) is 5.69 Å². The van der Waals surface area contributed by atoms with E-state index in [0.29, 0.717) is 6.54 Å². The van der Waals surface area contributed by atoms with Gasteiger partial charge >= 0.3 is 5.97 Å². The molecule has 19 heavy (non-hydrogen) atoms. The molecule has 0 aliphatic heterocycles. The van der Waals surface area contributed by atoms with E-state index >= 15 is 0 Å². The van der Waals surface area contributed by atoms with E-state index < -0.39 is 5.97 Å². The van der Waals surface area contributed by atoms with Crippen molar-refractivity contribution in [3.05, 3.63) is 52.5 Å². The summed E-state index contributed by atoms with van der Waals surface area (Å²) in [5.74, 6) is -0.914. The van der Waals surface area contributed by atoms with Crippen molar-refractivity contribution >= 4 is 38.4 Å². The third kappa shape index (κ3) is 3.83. The van der Waals surface area contributed by atoms with E-state index in [1.807, 2.05) is 24.3 Å². The van der Waals surface area contributed by atoms with Gasteiger partial charge in [0.2, 0.25) is 0 Å². The quantitative estimate of drug-likeness (QED) is 0.836. The summed E-state index contributed by atoms with van der Waals surface area (Å²) in [5, 5.41) is 14.2. The summed E-state index contributed by atoms with van der Waals surface area (Å²) >= 11 is 3.44. The molecule has 2 N–H and O–H groups in total. The van der Waals surface area contributed by atoms with E-state index in [4.69, 9.17) is 5.11 Å². The van der Waals surface area contributed by atoms with Crippen LogP contribution >= 0.6 is 15.9 Å². The Hall–Kier alpha value is -1.81. The summed E-state index contributed by atoms with van der Waals surface area (Å²) in [6.07, 6.45) is 1.21. The summed E-state index contributed by atoms with van der Waals surface area (Å²) in [5.41, 5.74) is 1.76. The summed E-state index contributed by atoms with van der Waals surface area (Å²) in [6, 6.07) is 12.2. The molecule has 4 heteroatoms. The molecule has 98 valence electrons. The first-order valence-corrected chi connectivity index (χ1v) is 6.67. The molecule has 2 aromatic carbocycles. The average molecular weight is 320 g/mol. The van der Waals surface area contributed by atoms with Crippen LogP contribution in [0, 0.1) is 0 Å². The minimum atomic E-state index is -0.914. The first kappa shape index (κ1) is 13.6. The zero-order valence-electron chi connectivity index (χ0n) is 10.5. The zero-order valence-corrected chi connectivity index (χ0v) is 12.1. The van der Waals surface area contributed by atoms with Crippen LogP contribution in [0.2, 0.25) is 0 Å². The summed E-state index contributed by atoms with van der Waals surface area (Å²) in [6.45, 7) is 2.31. The Kier molecular flexibility index (Phi) is 4.22. The number of carboxylic acid groups (broad SMARTS) is 1. The maximum absolute atomic E-state index is 10.5. The molecule has 2 rings (SSSR count). The van der Waals surface area contributed by atoms with E-state index in [1.54, 1.807) is 6.92 Å². The highest BCUT2D eigenvalue weighted by atomic mass is 79.9. The van der Waals surface area contributed by atoms with Gasteiger partial charge in [-0.05, 0) is 47.5 Å². The van der Waals surface area contributed by atoms with Gasteiger partial charge in [-0.25, -0.2) is 4.79 Å². The molecule has 0 atom stereocenters. The van der Waals surface area contributed by atoms with E-state index in [9.17, 15) is 4.79 Å². The standard InChI is InChI=1S/C15H14BrNO2/c1-10(6-15(18)19)9-17-14-5-3-11-7-13(16)4-2-12(11)8-14/h2-8,17H,9H2,1H3,(H,18,19)/b10-6-. The van der Waals surface area contributed by atoms with E-state index in [2.05, 4.69) is 33.4 Å². The average Bonchev–Trinajstić information content (AvgIpc) is 2.35. The number of halogens is 1. The fourth-order valence-electron chi connectivity index (χ4n) is 1.83. The number of fused-ring (bicyclic) bond motifs is 1. The Morgan fingerprint density at radius 1 is 1.26 bits per heavy atom. The Balaban J connectivity index is 2.14. The minimum absolute atomic E-state index is 0.522. The van der Waals surface area contributed by atoms with Gasteiger partial charge in [0.15, 0.2) is 0 Å². The number of carboxylic acids is 1. The van der Waals surface area contributed by atoms with Gasteiger partial charge in [0.1, 0.15) is 0 Å². The summed E-state index contributed by atoms with van der Waals surface area (Å²) < 4.78 is 1.06. The van der Waals surface area contributed by atoms with Gasteiger partial charge < -0.3 is 10.4 Å². The first-order chi connectivity index (χ1) is 9.04. The second-order valence-corrected chi connectivity index (χ2v) is 5.30. The second kappa shape index (κ2) is 5.89. The van der Waals surface area contributed by atoms with Gasteiger partial charge in [0.25, 0.3) is 0 Å². The molecule has 0 unspecified atom stereocenters. The maximum Gasteiger partial charge on any atom is 0.328 e. The Morgan fingerprint density at radius 2 is 1.95 bits per heavy atom. The number of anilines is 1. The highest BCUT2D eigenvalue weighted by Crippen LogP contribution is 2.23. The zero-order chi connectivity index (χ0) is 13.8. The topological polar surface area (TPSA) is 49.3 Å². The number of benzene rings is 2. The minimum Gasteiger partial charge on any atom is -0.478 e. The predicted molar refractivity (Wildman–Crippen MR) is 81.5 cm³/mol.